The summed E-state index contributed by atoms with van der Waals surface area (Å²) in [7, 11) is 3.57. The number of hydrogen-bond acceptors (Lipinski definition) is 3. The first kappa shape index (κ1) is 12.5. The number of hydrogen-bond donors (Lipinski definition) is 1. The Bertz CT molecular complexity index is 600. The van der Waals surface area contributed by atoms with Gasteiger partial charge in [0.15, 0.2) is 5.82 Å². The van der Waals surface area contributed by atoms with Gasteiger partial charge in [0.05, 0.1) is 7.11 Å². The van der Waals surface area contributed by atoms with Crippen LogP contribution >= 0.6 is 0 Å². The molecule has 18 heavy (non-hydrogen) atoms. The standard InChI is InChI=1S/C14H19N3O/c1-8-6-12(18-5)9(2)10(3)13(8)11-7-17(4)16-14(11)15/h6-7H,1-5H3,(H2,15,16). The Kier molecular flexibility index (Phi) is 3.03. The van der Waals surface area contributed by atoms with Gasteiger partial charge in [-0.2, -0.15) is 5.10 Å². The van der Waals surface area contributed by atoms with E-state index >= 15 is 0 Å². The average molecular weight is 245 g/mol. The Morgan fingerprint density at radius 2 is 1.89 bits per heavy atom. The second-order valence-corrected chi connectivity index (χ2v) is 4.62. The molecule has 0 bridgehead atoms. The second kappa shape index (κ2) is 4.37. The van der Waals surface area contributed by atoms with Gasteiger partial charge in [-0.3, -0.25) is 4.68 Å². The van der Waals surface area contributed by atoms with Gasteiger partial charge in [-0.1, -0.05) is 0 Å². The Balaban J connectivity index is 2.72. The molecule has 0 radical (unpaired) electrons. The van der Waals surface area contributed by atoms with Crippen molar-refractivity contribution in [1.29, 1.82) is 0 Å². The van der Waals surface area contributed by atoms with Crippen molar-refractivity contribution < 1.29 is 4.74 Å². The minimum absolute atomic E-state index is 0.563. The van der Waals surface area contributed by atoms with Gasteiger partial charge >= 0.3 is 0 Å². The third-order valence-corrected chi connectivity index (χ3v) is 3.40. The molecule has 0 saturated heterocycles. The third-order valence-electron chi connectivity index (χ3n) is 3.40. The molecule has 1 heterocycles. The number of ether oxygens (including phenoxy) is 1. The lowest BCUT2D eigenvalue weighted by atomic mass is 9.93. The van der Waals surface area contributed by atoms with Crippen LogP contribution in [0.5, 0.6) is 5.75 Å². The number of rotatable bonds is 2. The van der Waals surface area contributed by atoms with Crippen molar-refractivity contribution in [3.63, 3.8) is 0 Å². The Morgan fingerprint density at radius 3 is 2.39 bits per heavy atom. The maximum absolute atomic E-state index is 5.97. The van der Waals surface area contributed by atoms with E-state index in [1.54, 1.807) is 11.8 Å². The number of aryl methyl sites for hydroxylation is 2. The molecule has 1 aromatic carbocycles. The van der Waals surface area contributed by atoms with Crippen LogP contribution in [0.25, 0.3) is 11.1 Å². The van der Waals surface area contributed by atoms with E-state index in [9.17, 15) is 0 Å². The molecular formula is C14H19N3O. The first-order valence-corrected chi connectivity index (χ1v) is 5.90. The number of aromatic nitrogens is 2. The molecule has 0 fully saturated rings. The van der Waals surface area contributed by atoms with Crippen LogP contribution < -0.4 is 10.5 Å². The summed E-state index contributed by atoms with van der Waals surface area (Å²) in [5.74, 6) is 1.48. The van der Waals surface area contributed by atoms with E-state index in [0.717, 1.165) is 28.0 Å². The molecule has 2 rings (SSSR count). The molecule has 0 spiro atoms. The van der Waals surface area contributed by atoms with Crippen molar-refractivity contribution in [2.45, 2.75) is 20.8 Å². The number of methoxy groups -OCH3 is 1. The molecule has 0 saturated carbocycles. The highest BCUT2D eigenvalue weighted by Gasteiger charge is 2.16. The zero-order valence-corrected chi connectivity index (χ0v) is 11.5. The van der Waals surface area contributed by atoms with Crippen molar-refractivity contribution in [2.75, 3.05) is 12.8 Å². The van der Waals surface area contributed by atoms with E-state index in [0.29, 0.717) is 5.82 Å². The predicted octanol–water partition coefficient (Wildman–Crippen LogP) is 2.60. The molecule has 0 aliphatic rings. The van der Waals surface area contributed by atoms with E-state index in [1.165, 1.54) is 5.56 Å². The summed E-state index contributed by atoms with van der Waals surface area (Å²) in [5, 5.41) is 4.21. The molecule has 0 atom stereocenters. The number of nitrogens with two attached hydrogens (primary N) is 1. The van der Waals surface area contributed by atoms with Crippen molar-refractivity contribution in [1.82, 2.24) is 9.78 Å². The van der Waals surface area contributed by atoms with Gasteiger partial charge in [-0.05, 0) is 49.1 Å². The summed E-state index contributed by atoms with van der Waals surface area (Å²) in [5.41, 5.74) is 11.6. The monoisotopic (exact) mass is 245 g/mol. The topological polar surface area (TPSA) is 53.1 Å². The minimum atomic E-state index is 0.563. The highest BCUT2D eigenvalue weighted by Crippen LogP contribution is 2.36. The average Bonchev–Trinajstić information content (AvgIpc) is 2.63. The predicted molar refractivity (Wildman–Crippen MR) is 73.8 cm³/mol. The molecule has 0 unspecified atom stereocenters. The number of nitrogen functional groups attached to an aromatic ring is 1. The summed E-state index contributed by atoms with van der Waals surface area (Å²) >= 11 is 0. The van der Waals surface area contributed by atoms with Crippen LogP contribution in [0.2, 0.25) is 0 Å². The summed E-state index contributed by atoms with van der Waals surface area (Å²) < 4.78 is 7.12. The fourth-order valence-corrected chi connectivity index (χ4v) is 2.37. The van der Waals surface area contributed by atoms with Gasteiger partial charge in [0.25, 0.3) is 0 Å². The lowest BCUT2D eigenvalue weighted by molar-refractivity contribution is 0.411. The van der Waals surface area contributed by atoms with Gasteiger partial charge in [-0.15, -0.1) is 0 Å². The largest absolute Gasteiger partial charge is 0.496 e. The maximum Gasteiger partial charge on any atom is 0.153 e. The Morgan fingerprint density at radius 1 is 1.22 bits per heavy atom. The van der Waals surface area contributed by atoms with Crippen molar-refractivity contribution in [3.05, 3.63) is 29.0 Å². The number of anilines is 1. The molecule has 4 nitrogen and oxygen atoms in total. The lowest BCUT2D eigenvalue weighted by Crippen LogP contribution is -1.97. The molecule has 0 amide bonds. The maximum atomic E-state index is 5.97. The highest BCUT2D eigenvalue weighted by atomic mass is 16.5. The normalized spacial score (nSPS) is 10.7. The fraction of sp³-hybridized carbons (Fsp3) is 0.357. The van der Waals surface area contributed by atoms with Gasteiger partial charge in [-0.25, -0.2) is 0 Å². The van der Waals surface area contributed by atoms with Crippen molar-refractivity contribution in [3.8, 4) is 16.9 Å². The van der Waals surface area contributed by atoms with E-state index in [4.69, 9.17) is 10.5 Å². The lowest BCUT2D eigenvalue weighted by Gasteiger charge is -2.15. The second-order valence-electron chi connectivity index (χ2n) is 4.62. The molecule has 0 aliphatic carbocycles. The Hall–Kier alpha value is -1.97. The van der Waals surface area contributed by atoms with Crippen LogP contribution in [0.4, 0.5) is 5.82 Å². The van der Waals surface area contributed by atoms with Crippen LogP contribution in [0.3, 0.4) is 0 Å². The van der Waals surface area contributed by atoms with Gasteiger partial charge in [0.1, 0.15) is 5.75 Å². The molecule has 0 aliphatic heterocycles. The smallest absolute Gasteiger partial charge is 0.153 e. The number of benzene rings is 1. The van der Waals surface area contributed by atoms with Crippen LogP contribution in [0.15, 0.2) is 12.3 Å². The Labute approximate surface area is 107 Å². The molecule has 96 valence electrons. The van der Waals surface area contributed by atoms with E-state index < -0.39 is 0 Å². The quantitative estimate of drug-likeness (QED) is 0.884. The van der Waals surface area contributed by atoms with E-state index in [2.05, 4.69) is 25.9 Å². The van der Waals surface area contributed by atoms with Gasteiger partial charge in [0.2, 0.25) is 0 Å². The van der Waals surface area contributed by atoms with Crippen LogP contribution in [0, 0.1) is 20.8 Å². The van der Waals surface area contributed by atoms with E-state index in [1.807, 2.05) is 19.3 Å². The van der Waals surface area contributed by atoms with Crippen molar-refractivity contribution >= 4 is 5.82 Å². The number of nitrogens with zero attached hydrogens (tertiary/aromatic N) is 2. The molecule has 2 aromatic rings. The SMILES string of the molecule is COc1cc(C)c(-c2cn(C)nc2N)c(C)c1C. The molecule has 1 aromatic heterocycles. The molecule has 4 heteroatoms. The summed E-state index contributed by atoms with van der Waals surface area (Å²) in [6.07, 6.45) is 1.95. The fourth-order valence-electron chi connectivity index (χ4n) is 2.37. The zero-order chi connectivity index (χ0) is 13.4. The summed E-state index contributed by atoms with van der Waals surface area (Å²) in [4.78, 5) is 0. The van der Waals surface area contributed by atoms with Gasteiger partial charge < -0.3 is 10.5 Å². The van der Waals surface area contributed by atoms with Crippen molar-refractivity contribution in [2.24, 2.45) is 7.05 Å². The summed E-state index contributed by atoms with van der Waals surface area (Å²) in [6.45, 7) is 6.22. The summed E-state index contributed by atoms with van der Waals surface area (Å²) in [6, 6.07) is 2.05. The van der Waals surface area contributed by atoms with Crippen LogP contribution in [0.1, 0.15) is 16.7 Å². The first-order chi connectivity index (χ1) is 8.45. The highest BCUT2D eigenvalue weighted by molar-refractivity contribution is 5.80. The van der Waals surface area contributed by atoms with E-state index in [-0.39, 0.29) is 0 Å². The minimum Gasteiger partial charge on any atom is -0.496 e. The van der Waals surface area contributed by atoms with Crippen LogP contribution in [-0.2, 0) is 7.05 Å². The molecule has 2 N–H and O–H groups in total. The van der Waals surface area contributed by atoms with Crippen LogP contribution in [-0.4, -0.2) is 16.9 Å². The zero-order valence-electron chi connectivity index (χ0n) is 11.5. The first-order valence-electron chi connectivity index (χ1n) is 5.90. The third kappa shape index (κ3) is 1.83. The van der Waals surface area contributed by atoms with Gasteiger partial charge in [0, 0.05) is 18.8 Å². The molecular weight excluding hydrogens is 226 g/mol.